The molecule has 102 valence electrons. The molecule has 0 fully saturated rings. The minimum Gasteiger partial charge on any atom is -0.384 e. The van der Waals surface area contributed by atoms with Gasteiger partial charge in [-0.25, -0.2) is 9.37 Å². The van der Waals surface area contributed by atoms with Crippen LogP contribution in [0.15, 0.2) is 48.5 Å². The number of hydrogen-bond acceptors (Lipinski definition) is 3. The van der Waals surface area contributed by atoms with E-state index in [-0.39, 0.29) is 18.2 Å². The van der Waals surface area contributed by atoms with Crippen LogP contribution in [0.3, 0.4) is 0 Å². The number of anilines is 2. The Labute approximate surface area is 121 Å². The maximum absolute atomic E-state index is 13.8. The first-order valence-corrected chi connectivity index (χ1v) is 5.86. The van der Waals surface area contributed by atoms with Crippen molar-refractivity contribution < 1.29 is 4.39 Å². The van der Waals surface area contributed by atoms with Crippen molar-refractivity contribution in [1.29, 1.82) is 0 Å². The van der Waals surface area contributed by atoms with Gasteiger partial charge >= 0.3 is 0 Å². The van der Waals surface area contributed by atoms with Gasteiger partial charge in [-0.2, -0.15) is 0 Å². The number of hydrogen-bond donors (Lipinski definition) is 2. The summed E-state index contributed by atoms with van der Waals surface area (Å²) in [6, 6.07) is 13.9. The summed E-state index contributed by atoms with van der Waals surface area (Å²) in [4.78, 5) is 4.04. The lowest BCUT2D eigenvalue weighted by molar-refractivity contribution is 0.640. The van der Waals surface area contributed by atoms with Crippen LogP contribution in [0.25, 0.3) is 21.9 Å². The van der Waals surface area contributed by atoms with Crippen molar-refractivity contribution in [2.45, 2.75) is 0 Å². The first-order chi connectivity index (χ1) is 9.16. The highest BCUT2D eigenvalue weighted by atomic mass is 35.5. The molecule has 0 bridgehead atoms. The normalized spacial score (nSPS) is 10.2. The summed E-state index contributed by atoms with van der Waals surface area (Å²) in [5.41, 5.74) is 13.1. The van der Waals surface area contributed by atoms with Gasteiger partial charge in [0.2, 0.25) is 0 Å². The van der Waals surface area contributed by atoms with Crippen molar-refractivity contribution in [2.24, 2.45) is 0 Å². The SMILES string of the molecule is Cl.Nc1ccc(-c2ccc(F)c3ccccc23)c(N)n1. The molecule has 0 amide bonds. The van der Waals surface area contributed by atoms with E-state index in [1.807, 2.05) is 12.1 Å². The number of aromatic nitrogens is 1. The van der Waals surface area contributed by atoms with E-state index in [1.165, 1.54) is 6.07 Å². The van der Waals surface area contributed by atoms with Gasteiger partial charge in [-0.05, 0) is 29.1 Å². The smallest absolute Gasteiger partial charge is 0.133 e. The monoisotopic (exact) mass is 289 g/mol. The molecule has 3 nitrogen and oxygen atoms in total. The van der Waals surface area contributed by atoms with Crippen LogP contribution in [0.1, 0.15) is 0 Å². The average Bonchev–Trinajstić information content (AvgIpc) is 2.41. The molecule has 3 rings (SSSR count). The number of pyridine rings is 1. The minimum atomic E-state index is -0.249. The quantitative estimate of drug-likeness (QED) is 0.719. The van der Waals surface area contributed by atoms with Crippen LogP contribution in [0.5, 0.6) is 0 Å². The molecule has 0 aliphatic rings. The van der Waals surface area contributed by atoms with Crippen LogP contribution in [0, 0.1) is 5.82 Å². The maximum atomic E-state index is 13.8. The highest BCUT2D eigenvalue weighted by Gasteiger charge is 2.10. The number of rotatable bonds is 1. The molecule has 3 aromatic rings. The molecule has 0 atom stereocenters. The van der Waals surface area contributed by atoms with Crippen molar-refractivity contribution in [3.05, 3.63) is 54.3 Å². The lowest BCUT2D eigenvalue weighted by atomic mass is 9.98. The van der Waals surface area contributed by atoms with E-state index in [9.17, 15) is 4.39 Å². The van der Waals surface area contributed by atoms with Gasteiger partial charge in [-0.3, -0.25) is 0 Å². The Morgan fingerprint density at radius 2 is 1.45 bits per heavy atom. The van der Waals surface area contributed by atoms with E-state index >= 15 is 0 Å². The Kier molecular flexibility index (Phi) is 3.77. The van der Waals surface area contributed by atoms with Crippen LogP contribution in [0.4, 0.5) is 16.0 Å². The van der Waals surface area contributed by atoms with Gasteiger partial charge in [0.15, 0.2) is 0 Å². The van der Waals surface area contributed by atoms with Crippen molar-refractivity contribution in [2.75, 3.05) is 11.5 Å². The minimum absolute atomic E-state index is 0. The summed E-state index contributed by atoms with van der Waals surface area (Å²) in [6.45, 7) is 0. The number of fused-ring (bicyclic) bond motifs is 1. The van der Waals surface area contributed by atoms with E-state index in [2.05, 4.69) is 4.98 Å². The predicted octanol–water partition coefficient (Wildman–Crippen LogP) is 3.63. The molecule has 0 aliphatic heterocycles. The van der Waals surface area contributed by atoms with E-state index in [0.29, 0.717) is 17.0 Å². The van der Waals surface area contributed by atoms with Gasteiger partial charge in [0.05, 0.1) is 0 Å². The Morgan fingerprint density at radius 1 is 0.800 bits per heavy atom. The first kappa shape index (κ1) is 14.1. The molecular formula is C15H13ClFN3. The second-order valence-electron chi connectivity index (χ2n) is 4.31. The second-order valence-corrected chi connectivity index (χ2v) is 4.31. The first-order valence-electron chi connectivity index (χ1n) is 5.86. The van der Waals surface area contributed by atoms with Gasteiger partial charge in [0, 0.05) is 10.9 Å². The number of nitrogen functional groups attached to an aromatic ring is 2. The second kappa shape index (κ2) is 5.35. The van der Waals surface area contributed by atoms with Gasteiger partial charge in [0.1, 0.15) is 17.5 Å². The lowest BCUT2D eigenvalue weighted by Crippen LogP contribution is -1.98. The summed E-state index contributed by atoms with van der Waals surface area (Å²) < 4.78 is 13.8. The zero-order valence-corrected chi connectivity index (χ0v) is 11.3. The van der Waals surface area contributed by atoms with Crippen LogP contribution in [-0.4, -0.2) is 4.98 Å². The Balaban J connectivity index is 0.00000147. The molecule has 0 unspecified atom stereocenters. The van der Waals surface area contributed by atoms with E-state index in [1.54, 1.807) is 30.3 Å². The maximum Gasteiger partial charge on any atom is 0.133 e. The Bertz CT molecular complexity index is 774. The standard InChI is InChI=1S/C15H12FN3.ClH/c16-13-7-5-10(9-3-1-2-4-11(9)13)12-6-8-14(17)19-15(12)18;/h1-8H,(H4,17,18,19);1H. The predicted molar refractivity (Wildman–Crippen MR) is 83.2 cm³/mol. The summed E-state index contributed by atoms with van der Waals surface area (Å²) in [6.07, 6.45) is 0. The summed E-state index contributed by atoms with van der Waals surface area (Å²) in [7, 11) is 0. The zero-order chi connectivity index (χ0) is 13.4. The van der Waals surface area contributed by atoms with Crippen LogP contribution in [-0.2, 0) is 0 Å². The van der Waals surface area contributed by atoms with E-state index in [4.69, 9.17) is 11.5 Å². The van der Waals surface area contributed by atoms with Gasteiger partial charge in [-0.1, -0.05) is 30.3 Å². The number of halogens is 2. The van der Waals surface area contributed by atoms with Gasteiger partial charge in [-0.15, -0.1) is 12.4 Å². The molecule has 0 saturated heterocycles. The fraction of sp³-hybridized carbons (Fsp3) is 0. The van der Waals surface area contributed by atoms with Crippen molar-refractivity contribution in [1.82, 2.24) is 4.98 Å². The summed E-state index contributed by atoms with van der Waals surface area (Å²) >= 11 is 0. The van der Waals surface area contributed by atoms with Crippen molar-refractivity contribution >= 4 is 34.8 Å². The molecule has 20 heavy (non-hydrogen) atoms. The largest absolute Gasteiger partial charge is 0.384 e. The number of benzene rings is 2. The van der Waals surface area contributed by atoms with Gasteiger partial charge in [0.25, 0.3) is 0 Å². The highest BCUT2D eigenvalue weighted by Crippen LogP contribution is 2.33. The van der Waals surface area contributed by atoms with Crippen molar-refractivity contribution in [3.8, 4) is 11.1 Å². The summed E-state index contributed by atoms with van der Waals surface area (Å²) in [5.74, 6) is 0.464. The van der Waals surface area contributed by atoms with Crippen LogP contribution < -0.4 is 11.5 Å². The van der Waals surface area contributed by atoms with E-state index < -0.39 is 0 Å². The molecule has 2 aromatic carbocycles. The third kappa shape index (κ3) is 2.26. The molecular weight excluding hydrogens is 277 g/mol. The zero-order valence-electron chi connectivity index (χ0n) is 10.5. The average molecular weight is 290 g/mol. The number of nitrogens with zero attached hydrogens (tertiary/aromatic N) is 1. The molecule has 1 heterocycles. The third-order valence-corrected chi connectivity index (χ3v) is 3.11. The molecule has 5 heteroatoms. The molecule has 4 N–H and O–H groups in total. The van der Waals surface area contributed by atoms with Crippen LogP contribution in [0.2, 0.25) is 0 Å². The molecule has 0 spiro atoms. The molecule has 0 saturated carbocycles. The molecule has 0 aliphatic carbocycles. The van der Waals surface area contributed by atoms with Gasteiger partial charge < -0.3 is 11.5 Å². The Morgan fingerprint density at radius 3 is 2.15 bits per heavy atom. The highest BCUT2D eigenvalue weighted by molar-refractivity contribution is 5.99. The number of nitrogens with two attached hydrogens (primary N) is 2. The fourth-order valence-electron chi connectivity index (χ4n) is 2.22. The van der Waals surface area contributed by atoms with E-state index in [0.717, 1.165) is 16.5 Å². The Hall–Kier alpha value is -2.33. The summed E-state index contributed by atoms with van der Waals surface area (Å²) in [5, 5.41) is 1.37. The molecule has 1 aromatic heterocycles. The lowest BCUT2D eigenvalue weighted by Gasteiger charge is -2.10. The fourth-order valence-corrected chi connectivity index (χ4v) is 2.22. The topological polar surface area (TPSA) is 64.9 Å². The van der Waals surface area contributed by atoms with Crippen LogP contribution >= 0.6 is 12.4 Å². The third-order valence-electron chi connectivity index (χ3n) is 3.11. The van der Waals surface area contributed by atoms with Crippen molar-refractivity contribution in [3.63, 3.8) is 0 Å². The molecule has 0 radical (unpaired) electrons.